The number of benzene rings is 1. The van der Waals surface area contributed by atoms with Crippen LogP contribution in [0.5, 0.6) is 0 Å². The Morgan fingerprint density at radius 1 is 1.25 bits per heavy atom. The summed E-state index contributed by atoms with van der Waals surface area (Å²) >= 11 is 0. The molecular weight excluding hydrogens is 371 g/mol. The first-order valence-electron chi connectivity index (χ1n) is 8.68. The van der Waals surface area contributed by atoms with Crippen molar-refractivity contribution < 1.29 is 17.9 Å². The molecule has 5 N–H and O–H groups in total. The summed E-state index contributed by atoms with van der Waals surface area (Å²) in [6.45, 7) is 5.56. The molecule has 0 amide bonds. The molecule has 0 radical (unpaired) electrons. The zero-order valence-corrected chi connectivity index (χ0v) is 15.6. The van der Waals surface area contributed by atoms with Crippen molar-refractivity contribution in [2.75, 3.05) is 32.2 Å². The Morgan fingerprint density at radius 3 is 2.61 bits per heavy atom. The summed E-state index contributed by atoms with van der Waals surface area (Å²) in [5, 5.41) is 2.97. The number of hydrogen-bond acceptors (Lipinski definition) is 6. The molecule has 6 nitrogen and oxygen atoms in total. The number of likely N-dealkylation sites (N-methyl/N-ethyl adjacent to an activating group) is 1. The molecule has 1 aromatic rings. The fourth-order valence-corrected chi connectivity index (χ4v) is 2.41. The highest BCUT2D eigenvalue weighted by Gasteiger charge is 2.29. The number of allylic oxidation sites excluding steroid dienone is 1. The maximum Gasteiger partial charge on any atom is 0.416 e. The molecule has 0 aromatic heterocycles. The quantitative estimate of drug-likeness (QED) is 0.278. The standard InChI is InChI=1S/C19H24F3N5O/c1-13(28-10-9-24-2)11-17-14(12-25-18(17)23)7-8-26-27-16-5-3-15(4-6-16)19(20,21)22/h3-6,11-12,24,26-27H,1,7-10H2,2H3,(H2,23,25)/b17-11-. The van der Waals surface area contributed by atoms with E-state index in [1.165, 1.54) is 12.1 Å². The molecule has 1 aromatic carbocycles. The van der Waals surface area contributed by atoms with Crippen LogP contribution in [0.25, 0.3) is 0 Å². The molecule has 28 heavy (non-hydrogen) atoms. The van der Waals surface area contributed by atoms with Crippen LogP contribution >= 0.6 is 0 Å². The first-order chi connectivity index (χ1) is 13.3. The second-order valence-corrected chi connectivity index (χ2v) is 6.02. The molecule has 0 unspecified atom stereocenters. The smallest absolute Gasteiger partial charge is 0.416 e. The largest absolute Gasteiger partial charge is 0.493 e. The SMILES string of the molecule is C=C(/C=C1/C(CCNNc2ccc(C(F)(F)F)cc2)=CN=C1N)OCCNC. The van der Waals surface area contributed by atoms with Crippen molar-refractivity contribution in [2.45, 2.75) is 12.6 Å². The van der Waals surface area contributed by atoms with Crippen LogP contribution in [0, 0.1) is 0 Å². The Balaban J connectivity index is 1.81. The Labute approximate surface area is 162 Å². The maximum absolute atomic E-state index is 12.6. The van der Waals surface area contributed by atoms with E-state index in [4.69, 9.17) is 10.5 Å². The number of halogens is 3. The van der Waals surface area contributed by atoms with E-state index in [0.29, 0.717) is 43.4 Å². The molecule has 2 rings (SSSR count). The first kappa shape index (κ1) is 21.5. The van der Waals surface area contributed by atoms with Gasteiger partial charge in [-0.05, 0) is 49.4 Å². The number of rotatable bonds is 10. The highest BCUT2D eigenvalue weighted by Crippen LogP contribution is 2.29. The molecule has 0 fully saturated rings. The third kappa shape index (κ3) is 6.43. The van der Waals surface area contributed by atoms with Crippen molar-refractivity contribution in [3.05, 3.63) is 65.6 Å². The minimum absolute atomic E-state index is 0.393. The van der Waals surface area contributed by atoms with Crippen LogP contribution in [0.15, 0.2) is 65.0 Å². The van der Waals surface area contributed by atoms with Crippen LogP contribution in [-0.2, 0) is 10.9 Å². The number of nitrogens with one attached hydrogen (secondary N) is 3. The van der Waals surface area contributed by atoms with Gasteiger partial charge < -0.3 is 21.2 Å². The van der Waals surface area contributed by atoms with E-state index in [2.05, 4.69) is 27.7 Å². The first-order valence-corrected chi connectivity index (χ1v) is 8.68. The fraction of sp³-hybridized carbons (Fsp3) is 0.316. The van der Waals surface area contributed by atoms with Gasteiger partial charge in [-0.25, -0.2) is 10.4 Å². The molecule has 0 saturated heterocycles. The third-order valence-electron chi connectivity index (χ3n) is 3.89. The molecular formula is C19H24F3N5O. The van der Waals surface area contributed by atoms with Gasteiger partial charge in [0.2, 0.25) is 0 Å². The van der Waals surface area contributed by atoms with Crippen LogP contribution in [0.3, 0.4) is 0 Å². The normalized spacial score (nSPS) is 15.4. The lowest BCUT2D eigenvalue weighted by Gasteiger charge is -2.12. The summed E-state index contributed by atoms with van der Waals surface area (Å²) in [5.74, 6) is 0.885. The summed E-state index contributed by atoms with van der Waals surface area (Å²) in [6.07, 6.45) is -0.309. The van der Waals surface area contributed by atoms with E-state index >= 15 is 0 Å². The highest BCUT2D eigenvalue weighted by atomic mass is 19.4. The van der Waals surface area contributed by atoms with Crippen LogP contribution in [-0.4, -0.2) is 32.6 Å². The van der Waals surface area contributed by atoms with Gasteiger partial charge in [0.05, 0.1) is 5.56 Å². The zero-order chi connectivity index (χ0) is 20.6. The number of aliphatic imine (C=N–C) groups is 1. The number of nitrogens with two attached hydrogens (primary N) is 1. The van der Waals surface area contributed by atoms with Gasteiger partial charge in [0.1, 0.15) is 18.2 Å². The molecule has 0 spiro atoms. The van der Waals surface area contributed by atoms with Crippen LogP contribution in [0.2, 0.25) is 0 Å². The summed E-state index contributed by atoms with van der Waals surface area (Å²) in [7, 11) is 1.83. The topological polar surface area (TPSA) is 83.7 Å². The van der Waals surface area contributed by atoms with Crippen molar-refractivity contribution in [1.29, 1.82) is 0 Å². The Hall–Kier alpha value is -2.78. The van der Waals surface area contributed by atoms with Gasteiger partial charge in [0, 0.05) is 30.5 Å². The van der Waals surface area contributed by atoms with Gasteiger partial charge in [0.25, 0.3) is 0 Å². The van der Waals surface area contributed by atoms with Crippen LogP contribution < -0.4 is 21.9 Å². The van der Waals surface area contributed by atoms with Gasteiger partial charge in [-0.15, -0.1) is 0 Å². The van der Waals surface area contributed by atoms with Gasteiger partial charge >= 0.3 is 6.18 Å². The molecule has 9 heteroatoms. The second kappa shape index (κ2) is 9.95. The number of hydrogen-bond donors (Lipinski definition) is 4. The van der Waals surface area contributed by atoms with Crippen molar-refractivity contribution in [3.63, 3.8) is 0 Å². The minimum atomic E-state index is -4.34. The van der Waals surface area contributed by atoms with E-state index in [9.17, 15) is 13.2 Å². The molecule has 0 atom stereocenters. The molecule has 1 aliphatic rings. The Morgan fingerprint density at radius 2 is 1.96 bits per heavy atom. The molecule has 0 aliphatic carbocycles. The van der Waals surface area contributed by atoms with E-state index in [1.807, 2.05) is 7.05 Å². The predicted molar refractivity (Wildman–Crippen MR) is 104 cm³/mol. The third-order valence-corrected chi connectivity index (χ3v) is 3.89. The molecule has 152 valence electrons. The zero-order valence-electron chi connectivity index (χ0n) is 15.6. The lowest BCUT2D eigenvalue weighted by molar-refractivity contribution is -0.137. The van der Waals surface area contributed by atoms with E-state index in [1.54, 1.807) is 12.3 Å². The summed E-state index contributed by atoms with van der Waals surface area (Å²) in [5.41, 5.74) is 13.3. The van der Waals surface area contributed by atoms with E-state index in [-0.39, 0.29) is 0 Å². The number of anilines is 1. The van der Waals surface area contributed by atoms with Crippen molar-refractivity contribution in [3.8, 4) is 0 Å². The van der Waals surface area contributed by atoms with Crippen LogP contribution in [0.4, 0.5) is 18.9 Å². The number of alkyl halides is 3. The minimum Gasteiger partial charge on any atom is -0.493 e. The van der Waals surface area contributed by atoms with E-state index < -0.39 is 11.7 Å². The van der Waals surface area contributed by atoms with Crippen molar-refractivity contribution in [1.82, 2.24) is 10.7 Å². The lowest BCUT2D eigenvalue weighted by Crippen LogP contribution is -2.24. The molecule has 1 aliphatic heterocycles. The second-order valence-electron chi connectivity index (χ2n) is 6.02. The molecule has 0 saturated carbocycles. The predicted octanol–water partition coefficient (Wildman–Crippen LogP) is 2.94. The van der Waals surface area contributed by atoms with E-state index in [0.717, 1.165) is 23.3 Å². The van der Waals surface area contributed by atoms with Gasteiger partial charge in [0.15, 0.2) is 0 Å². The molecule has 0 bridgehead atoms. The van der Waals surface area contributed by atoms with Crippen LogP contribution in [0.1, 0.15) is 12.0 Å². The van der Waals surface area contributed by atoms with Gasteiger partial charge in [-0.1, -0.05) is 6.58 Å². The average Bonchev–Trinajstić information content (AvgIpc) is 2.98. The Kier molecular flexibility index (Phi) is 7.65. The number of amidine groups is 1. The fourth-order valence-electron chi connectivity index (χ4n) is 2.41. The monoisotopic (exact) mass is 395 g/mol. The average molecular weight is 395 g/mol. The lowest BCUT2D eigenvalue weighted by atomic mass is 10.0. The summed E-state index contributed by atoms with van der Waals surface area (Å²) in [4.78, 5) is 4.12. The summed E-state index contributed by atoms with van der Waals surface area (Å²) in [6, 6.07) is 4.78. The highest BCUT2D eigenvalue weighted by molar-refractivity contribution is 6.03. The Bertz CT molecular complexity index is 767. The molecule has 1 heterocycles. The summed E-state index contributed by atoms with van der Waals surface area (Å²) < 4.78 is 43.2. The van der Waals surface area contributed by atoms with Crippen molar-refractivity contribution >= 4 is 11.5 Å². The number of hydrazine groups is 1. The van der Waals surface area contributed by atoms with Gasteiger partial charge in [-0.3, -0.25) is 0 Å². The van der Waals surface area contributed by atoms with Crippen molar-refractivity contribution in [2.24, 2.45) is 10.7 Å². The number of nitrogens with zero attached hydrogens (tertiary/aromatic N) is 1. The number of ether oxygens (including phenoxy) is 1. The maximum atomic E-state index is 12.6. The van der Waals surface area contributed by atoms with Gasteiger partial charge in [-0.2, -0.15) is 13.2 Å².